The maximum absolute atomic E-state index is 9.75. The van der Waals surface area contributed by atoms with Crippen LogP contribution in [0.1, 0.15) is 12.5 Å². The van der Waals surface area contributed by atoms with Gasteiger partial charge in [0.25, 0.3) is 0 Å². The average molecular weight is 234 g/mol. The fourth-order valence-corrected chi connectivity index (χ4v) is 2.15. The van der Waals surface area contributed by atoms with E-state index >= 15 is 0 Å². The number of aliphatic hydroxyl groups excluding tert-OH is 1. The molecule has 0 spiro atoms. The molecular formula is C14H18O3. The Morgan fingerprint density at radius 3 is 2.59 bits per heavy atom. The van der Waals surface area contributed by atoms with Gasteiger partial charge in [-0.3, -0.25) is 0 Å². The highest BCUT2D eigenvalue weighted by atomic mass is 16.5. The van der Waals surface area contributed by atoms with Gasteiger partial charge in [0.1, 0.15) is 18.3 Å². The molecule has 3 atom stereocenters. The standard InChI is InChI=1S/C14H18O3/c1-10-8-12(15)14(16-2)13(10)17-9-11-6-4-3-5-7-11/h3-8,12-15H,9H2,1-2H3/t12-,13+,14+/m1/s1. The van der Waals surface area contributed by atoms with Gasteiger partial charge in [-0.2, -0.15) is 0 Å². The lowest BCUT2D eigenvalue weighted by Crippen LogP contribution is -2.34. The first kappa shape index (κ1) is 12.3. The van der Waals surface area contributed by atoms with Gasteiger partial charge in [-0.1, -0.05) is 36.4 Å². The van der Waals surface area contributed by atoms with Crippen LogP contribution in [0.15, 0.2) is 42.0 Å². The summed E-state index contributed by atoms with van der Waals surface area (Å²) in [6, 6.07) is 9.99. The summed E-state index contributed by atoms with van der Waals surface area (Å²) < 4.78 is 11.1. The van der Waals surface area contributed by atoms with Crippen molar-refractivity contribution in [3.63, 3.8) is 0 Å². The molecule has 3 nitrogen and oxygen atoms in total. The average Bonchev–Trinajstić information content (AvgIpc) is 2.62. The van der Waals surface area contributed by atoms with Gasteiger partial charge in [-0.15, -0.1) is 0 Å². The summed E-state index contributed by atoms with van der Waals surface area (Å²) in [6.45, 7) is 2.49. The van der Waals surface area contributed by atoms with Crippen LogP contribution in [-0.4, -0.2) is 30.5 Å². The third kappa shape index (κ3) is 2.75. The molecule has 17 heavy (non-hydrogen) atoms. The maximum Gasteiger partial charge on any atom is 0.117 e. The van der Waals surface area contributed by atoms with Crippen molar-refractivity contribution in [3.05, 3.63) is 47.5 Å². The van der Waals surface area contributed by atoms with Crippen molar-refractivity contribution in [1.82, 2.24) is 0 Å². The molecule has 1 aliphatic carbocycles. The molecule has 0 fully saturated rings. The van der Waals surface area contributed by atoms with Gasteiger partial charge in [0, 0.05) is 7.11 Å². The van der Waals surface area contributed by atoms with Crippen LogP contribution < -0.4 is 0 Å². The molecule has 1 aromatic carbocycles. The molecule has 0 bridgehead atoms. The van der Waals surface area contributed by atoms with Crippen molar-refractivity contribution in [2.24, 2.45) is 0 Å². The van der Waals surface area contributed by atoms with Crippen molar-refractivity contribution >= 4 is 0 Å². The number of hydrogen-bond acceptors (Lipinski definition) is 3. The van der Waals surface area contributed by atoms with Crippen LogP contribution in [-0.2, 0) is 16.1 Å². The van der Waals surface area contributed by atoms with Crippen LogP contribution in [0.2, 0.25) is 0 Å². The molecule has 0 heterocycles. The fourth-order valence-electron chi connectivity index (χ4n) is 2.15. The molecule has 0 aliphatic heterocycles. The monoisotopic (exact) mass is 234 g/mol. The normalized spacial score (nSPS) is 28.2. The number of aliphatic hydroxyl groups is 1. The van der Waals surface area contributed by atoms with Gasteiger partial charge in [-0.05, 0) is 18.1 Å². The highest BCUT2D eigenvalue weighted by Gasteiger charge is 2.35. The van der Waals surface area contributed by atoms with Gasteiger partial charge in [0.15, 0.2) is 0 Å². The van der Waals surface area contributed by atoms with Crippen molar-refractivity contribution in [1.29, 1.82) is 0 Å². The fraction of sp³-hybridized carbons (Fsp3) is 0.429. The van der Waals surface area contributed by atoms with E-state index in [-0.39, 0.29) is 12.2 Å². The number of rotatable bonds is 4. The smallest absolute Gasteiger partial charge is 0.117 e. The lowest BCUT2D eigenvalue weighted by Gasteiger charge is -2.22. The van der Waals surface area contributed by atoms with Crippen LogP contribution in [0.5, 0.6) is 0 Å². The highest BCUT2D eigenvalue weighted by Crippen LogP contribution is 2.25. The number of ether oxygens (including phenoxy) is 2. The van der Waals surface area contributed by atoms with Crippen molar-refractivity contribution in [3.8, 4) is 0 Å². The molecule has 0 unspecified atom stereocenters. The summed E-state index contributed by atoms with van der Waals surface area (Å²) in [5.41, 5.74) is 2.15. The molecule has 0 amide bonds. The zero-order valence-electron chi connectivity index (χ0n) is 10.2. The molecule has 1 aromatic rings. The Kier molecular flexibility index (Phi) is 3.94. The van der Waals surface area contributed by atoms with E-state index in [1.807, 2.05) is 37.3 Å². The van der Waals surface area contributed by atoms with Crippen LogP contribution in [0, 0.1) is 0 Å². The Bertz CT molecular complexity index is 386. The number of methoxy groups -OCH3 is 1. The first-order valence-electron chi connectivity index (χ1n) is 5.77. The van der Waals surface area contributed by atoms with Crippen LogP contribution in [0.25, 0.3) is 0 Å². The Balaban J connectivity index is 1.97. The van der Waals surface area contributed by atoms with Crippen molar-refractivity contribution in [2.45, 2.75) is 31.8 Å². The molecule has 0 aromatic heterocycles. The third-order valence-corrected chi connectivity index (χ3v) is 3.06. The van der Waals surface area contributed by atoms with Crippen LogP contribution in [0.4, 0.5) is 0 Å². The second kappa shape index (κ2) is 5.45. The molecule has 2 rings (SSSR count). The predicted octanol–water partition coefficient (Wildman–Crippen LogP) is 1.91. The molecule has 3 heteroatoms. The van der Waals surface area contributed by atoms with E-state index < -0.39 is 6.10 Å². The largest absolute Gasteiger partial charge is 0.386 e. The summed E-state index contributed by atoms with van der Waals surface area (Å²) in [4.78, 5) is 0. The summed E-state index contributed by atoms with van der Waals surface area (Å²) in [6.07, 6.45) is 0.777. The van der Waals surface area contributed by atoms with E-state index in [2.05, 4.69) is 0 Å². The van der Waals surface area contributed by atoms with E-state index in [1.165, 1.54) is 0 Å². The Labute approximate surface area is 102 Å². The summed E-state index contributed by atoms with van der Waals surface area (Å²) in [5.74, 6) is 0. The topological polar surface area (TPSA) is 38.7 Å². The second-order valence-electron chi connectivity index (χ2n) is 4.32. The van der Waals surface area contributed by atoms with Crippen molar-refractivity contribution < 1.29 is 14.6 Å². The molecule has 92 valence electrons. The summed E-state index contributed by atoms with van der Waals surface area (Å²) in [7, 11) is 1.60. The third-order valence-electron chi connectivity index (χ3n) is 3.06. The van der Waals surface area contributed by atoms with Crippen molar-refractivity contribution in [2.75, 3.05) is 7.11 Å². The minimum absolute atomic E-state index is 0.157. The first-order valence-corrected chi connectivity index (χ1v) is 5.77. The summed E-state index contributed by atoms with van der Waals surface area (Å²) in [5, 5.41) is 9.75. The van der Waals surface area contributed by atoms with E-state index in [0.29, 0.717) is 6.61 Å². The zero-order valence-corrected chi connectivity index (χ0v) is 10.2. The first-order chi connectivity index (χ1) is 8.22. The lowest BCUT2D eigenvalue weighted by molar-refractivity contribution is -0.0729. The van der Waals surface area contributed by atoms with Crippen LogP contribution >= 0.6 is 0 Å². The molecule has 0 saturated heterocycles. The Hall–Kier alpha value is -1.16. The molecular weight excluding hydrogens is 216 g/mol. The van der Waals surface area contributed by atoms with Crippen LogP contribution in [0.3, 0.4) is 0 Å². The van der Waals surface area contributed by atoms with E-state index in [0.717, 1.165) is 11.1 Å². The lowest BCUT2D eigenvalue weighted by atomic mass is 10.1. The molecule has 0 saturated carbocycles. The minimum Gasteiger partial charge on any atom is -0.386 e. The quantitative estimate of drug-likeness (QED) is 0.809. The SMILES string of the molecule is CO[C@H]1[C@H](O)C=C(C)[C@@H]1OCc1ccccc1. The van der Waals surface area contributed by atoms with Gasteiger partial charge < -0.3 is 14.6 Å². The number of benzene rings is 1. The van der Waals surface area contributed by atoms with Gasteiger partial charge in [0.2, 0.25) is 0 Å². The minimum atomic E-state index is -0.569. The van der Waals surface area contributed by atoms with Gasteiger partial charge >= 0.3 is 0 Å². The van der Waals surface area contributed by atoms with E-state index in [4.69, 9.17) is 9.47 Å². The Morgan fingerprint density at radius 1 is 1.24 bits per heavy atom. The summed E-state index contributed by atoms with van der Waals surface area (Å²) >= 11 is 0. The van der Waals surface area contributed by atoms with E-state index in [1.54, 1.807) is 13.2 Å². The second-order valence-corrected chi connectivity index (χ2v) is 4.32. The molecule has 1 aliphatic rings. The van der Waals surface area contributed by atoms with Gasteiger partial charge in [0.05, 0.1) is 6.61 Å². The zero-order chi connectivity index (χ0) is 12.3. The van der Waals surface area contributed by atoms with Gasteiger partial charge in [-0.25, -0.2) is 0 Å². The van der Waals surface area contributed by atoms with E-state index in [9.17, 15) is 5.11 Å². The Morgan fingerprint density at radius 2 is 1.94 bits per heavy atom. The highest BCUT2D eigenvalue weighted by molar-refractivity contribution is 5.21. The molecule has 1 N–H and O–H groups in total. The predicted molar refractivity (Wildman–Crippen MR) is 65.6 cm³/mol. The number of hydrogen-bond donors (Lipinski definition) is 1. The molecule has 0 radical (unpaired) electrons. The maximum atomic E-state index is 9.75.